The van der Waals surface area contributed by atoms with Crippen LogP contribution in [0.3, 0.4) is 0 Å². The lowest BCUT2D eigenvalue weighted by molar-refractivity contribution is -0.0871. The highest BCUT2D eigenvalue weighted by molar-refractivity contribution is 7.91. The van der Waals surface area contributed by atoms with E-state index in [0.717, 1.165) is 23.5 Å². The molecule has 0 saturated carbocycles. The first-order chi connectivity index (χ1) is 10.5. The van der Waals surface area contributed by atoms with Crippen LogP contribution < -0.4 is 0 Å². The molecule has 23 heavy (non-hydrogen) atoms. The first kappa shape index (κ1) is 19.6. The van der Waals surface area contributed by atoms with Gasteiger partial charge in [0, 0.05) is 4.88 Å². The largest absolute Gasteiger partial charge is 0.416 e. The van der Waals surface area contributed by atoms with Gasteiger partial charge in [-0.25, -0.2) is 8.42 Å². The summed E-state index contributed by atoms with van der Waals surface area (Å²) in [5.41, 5.74) is -1.29. The van der Waals surface area contributed by atoms with Crippen LogP contribution in [0.1, 0.15) is 41.7 Å². The highest BCUT2D eigenvalue weighted by Crippen LogP contribution is 2.40. The summed E-state index contributed by atoms with van der Waals surface area (Å²) in [5, 5.41) is 0. The molecule has 1 rings (SSSR count). The third-order valence-corrected chi connectivity index (χ3v) is 6.40. The van der Waals surface area contributed by atoms with Crippen LogP contribution in [-0.2, 0) is 9.84 Å². The number of carbonyl (C=O) groups is 1. The smallest absolute Gasteiger partial charge is 0.294 e. The van der Waals surface area contributed by atoms with Crippen molar-refractivity contribution in [1.29, 1.82) is 0 Å². The van der Waals surface area contributed by atoms with E-state index in [1.54, 1.807) is 6.92 Å². The molecule has 1 heterocycles. The summed E-state index contributed by atoms with van der Waals surface area (Å²) in [4.78, 5) is 11.4. The number of hydrogen-bond donors (Lipinski definition) is 0. The molecule has 0 N–H and O–H groups in total. The summed E-state index contributed by atoms with van der Waals surface area (Å²) in [6.45, 7) is 7.49. The highest BCUT2D eigenvalue weighted by Gasteiger charge is 2.36. The number of thiophene rings is 1. The molecule has 0 amide bonds. The summed E-state index contributed by atoms with van der Waals surface area (Å²) < 4.78 is 63.3. The van der Waals surface area contributed by atoms with E-state index in [9.17, 15) is 26.4 Å². The van der Waals surface area contributed by atoms with E-state index in [-0.39, 0.29) is 26.0 Å². The fraction of sp³-hybridized carbons (Fsp3) is 0.400. The number of allylic oxidation sites excluding steroid dienone is 3. The molecule has 0 spiro atoms. The minimum atomic E-state index is -4.60. The van der Waals surface area contributed by atoms with Gasteiger partial charge < -0.3 is 0 Å². The van der Waals surface area contributed by atoms with Gasteiger partial charge in [0.05, 0.1) is 21.1 Å². The molecule has 1 aromatic rings. The first-order valence-electron chi connectivity index (χ1n) is 6.76. The van der Waals surface area contributed by atoms with Crippen LogP contribution in [0, 0.1) is 0 Å². The maximum atomic E-state index is 13.0. The predicted octanol–water partition coefficient (Wildman–Crippen LogP) is 4.66. The van der Waals surface area contributed by atoms with Crippen molar-refractivity contribution in [1.82, 2.24) is 0 Å². The second-order valence-electron chi connectivity index (χ2n) is 4.86. The Balaban J connectivity index is 3.48. The lowest BCUT2D eigenvalue weighted by atomic mass is 10.1. The van der Waals surface area contributed by atoms with Crippen molar-refractivity contribution in [2.45, 2.75) is 38.3 Å². The van der Waals surface area contributed by atoms with Crippen LogP contribution >= 0.6 is 11.3 Å². The van der Waals surface area contributed by atoms with Gasteiger partial charge in [-0.3, -0.25) is 4.79 Å². The topological polar surface area (TPSA) is 51.2 Å². The van der Waals surface area contributed by atoms with Crippen LogP contribution in [0.25, 0.3) is 5.57 Å². The highest BCUT2D eigenvalue weighted by atomic mass is 32.2. The minimum absolute atomic E-state index is 0.0234. The number of alkyl halides is 3. The number of sulfone groups is 1. The number of ketones is 1. The van der Waals surface area contributed by atoms with Gasteiger partial charge >= 0.3 is 6.18 Å². The zero-order chi connectivity index (χ0) is 18.0. The SMILES string of the molecule is C=C(/C(=C\C)C(F)(F)F)c1cc(S(=O)(=O)CCC)c(C(C)=O)s1. The fourth-order valence-corrected chi connectivity index (χ4v) is 5.01. The Bertz CT molecular complexity index is 753. The van der Waals surface area contributed by atoms with Gasteiger partial charge in [-0.15, -0.1) is 11.3 Å². The van der Waals surface area contributed by atoms with E-state index in [1.807, 2.05) is 0 Å². The van der Waals surface area contributed by atoms with Crippen molar-refractivity contribution in [3.05, 3.63) is 34.0 Å². The van der Waals surface area contributed by atoms with E-state index in [1.165, 1.54) is 13.8 Å². The summed E-state index contributed by atoms with van der Waals surface area (Å²) in [6.07, 6.45) is -3.39. The Hall–Kier alpha value is -1.41. The molecule has 3 nitrogen and oxygen atoms in total. The van der Waals surface area contributed by atoms with Gasteiger partial charge in [0.2, 0.25) is 0 Å². The molecule has 128 valence electrons. The number of halogens is 3. The predicted molar refractivity (Wildman–Crippen MR) is 85.5 cm³/mol. The number of carbonyl (C=O) groups excluding carboxylic acids is 1. The molecular weight excluding hydrogens is 349 g/mol. The van der Waals surface area contributed by atoms with Crippen molar-refractivity contribution < 1.29 is 26.4 Å². The van der Waals surface area contributed by atoms with Crippen molar-refractivity contribution >= 4 is 32.5 Å². The Morgan fingerprint density at radius 3 is 2.35 bits per heavy atom. The standard InChI is InChI=1S/C15H17F3O3S2/c1-5-7-23(20,21)13-8-12(22-14(13)10(4)19)9(3)11(6-2)15(16,17)18/h6,8H,3,5,7H2,1-2,4H3/b11-6+. The van der Waals surface area contributed by atoms with Crippen LogP contribution in [0.15, 0.2) is 29.2 Å². The Morgan fingerprint density at radius 1 is 1.39 bits per heavy atom. The van der Waals surface area contributed by atoms with E-state index in [0.29, 0.717) is 6.42 Å². The van der Waals surface area contributed by atoms with Crippen LogP contribution in [-0.4, -0.2) is 26.1 Å². The molecular formula is C15H17F3O3S2. The molecule has 0 aliphatic rings. The van der Waals surface area contributed by atoms with Crippen LogP contribution in [0.2, 0.25) is 0 Å². The first-order valence-corrected chi connectivity index (χ1v) is 9.23. The van der Waals surface area contributed by atoms with Gasteiger partial charge in [-0.2, -0.15) is 13.2 Å². The van der Waals surface area contributed by atoms with Gasteiger partial charge in [0.25, 0.3) is 0 Å². The summed E-state index contributed by atoms with van der Waals surface area (Å²) in [6, 6.07) is 1.12. The molecule has 0 unspecified atom stereocenters. The third kappa shape index (κ3) is 4.32. The van der Waals surface area contributed by atoms with Gasteiger partial charge in [0.15, 0.2) is 15.6 Å². The molecule has 0 radical (unpaired) electrons. The maximum Gasteiger partial charge on any atom is 0.416 e. The Morgan fingerprint density at radius 2 is 1.96 bits per heavy atom. The van der Waals surface area contributed by atoms with E-state index in [4.69, 9.17) is 0 Å². The molecule has 0 aliphatic heterocycles. The summed E-state index contributed by atoms with van der Waals surface area (Å²) in [5.74, 6) is -0.677. The second-order valence-corrected chi connectivity index (χ2v) is 7.99. The van der Waals surface area contributed by atoms with Gasteiger partial charge in [0.1, 0.15) is 0 Å². The summed E-state index contributed by atoms with van der Waals surface area (Å²) in [7, 11) is -3.72. The Labute approximate surface area is 137 Å². The fourth-order valence-electron chi connectivity index (χ4n) is 2.02. The average molecular weight is 366 g/mol. The van der Waals surface area contributed by atoms with Crippen molar-refractivity contribution in [3.63, 3.8) is 0 Å². The second kappa shape index (κ2) is 7.00. The van der Waals surface area contributed by atoms with Crippen LogP contribution in [0.5, 0.6) is 0 Å². The van der Waals surface area contributed by atoms with Gasteiger partial charge in [-0.05, 0) is 31.9 Å². The zero-order valence-corrected chi connectivity index (χ0v) is 14.6. The minimum Gasteiger partial charge on any atom is -0.294 e. The third-order valence-electron chi connectivity index (χ3n) is 3.04. The number of Topliss-reactive ketones (excluding diaryl/α,β-unsaturated/α-hetero) is 1. The van der Waals surface area contributed by atoms with Crippen molar-refractivity contribution in [2.75, 3.05) is 5.75 Å². The molecule has 0 aromatic carbocycles. The van der Waals surface area contributed by atoms with Crippen molar-refractivity contribution in [3.8, 4) is 0 Å². The maximum absolute atomic E-state index is 13.0. The van der Waals surface area contributed by atoms with Crippen LogP contribution in [0.4, 0.5) is 13.2 Å². The molecule has 1 aromatic heterocycles. The van der Waals surface area contributed by atoms with E-state index >= 15 is 0 Å². The molecule has 0 fully saturated rings. The van der Waals surface area contributed by atoms with E-state index in [2.05, 4.69) is 6.58 Å². The Kier molecular flexibility index (Phi) is 5.98. The van der Waals surface area contributed by atoms with Gasteiger partial charge in [-0.1, -0.05) is 19.6 Å². The molecule has 0 saturated heterocycles. The molecule has 0 bridgehead atoms. The quantitative estimate of drug-likeness (QED) is 0.544. The van der Waals surface area contributed by atoms with Crippen molar-refractivity contribution in [2.24, 2.45) is 0 Å². The lowest BCUT2D eigenvalue weighted by Crippen LogP contribution is -2.12. The number of hydrogen-bond acceptors (Lipinski definition) is 4. The van der Waals surface area contributed by atoms with E-state index < -0.39 is 27.4 Å². The summed E-state index contributed by atoms with van der Waals surface area (Å²) >= 11 is 0.719. The molecule has 0 atom stereocenters. The number of rotatable bonds is 6. The normalized spacial score (nSPS) is 13.2. The molecule has 0 aliphatic carbocycles. The average Bonchev–Trinajstić information content (AvgIpc) is 2.83. The monoisotopic (exact) mass is 366 g/mol. The lowest BCUT2D eigenvalue weighted by Gasteiger charge is -2.12. The molecule has 8 heteroatoms. The zero-order valence-electron chi connectivity index (χ0n) is 13.0.